The van der Waals surface area contributed by atoms with Gasteiger partial charge in [0.1, 0.15) is 10.7 Å². The van der Waals surface area contributed by atoms with Crippen molar-refractivity contribution in [2.45, 2.75) is 17.4 Å². The van der Waals surface area contributed by atoms with Gasteiger partial charge in [-0.2, -0.15) is 0 Å². The molecule has 0 saturated carbocycles. The maximum absolute atomic E-state index is 13.6. The summed E-state index contributed by atoms with van der Waals surface area (Å²) in [6, 6.07) is 1.91. The second-order valence-corrected chi connectivity index (χ2v) is 6.87. The number of anilines is 1. The monoisotopic (exact) mass is 356 g/mol. The number of aliphatic hydroxyl groups is 2. The van der Waals surface area contributed by atoms with Crippen molar-refractivity contribution in [2.24, 2.45) is 0 Å². The quantitative estimate of drug-likeness (QED) is 0.562. The van der Waals surface area contributed by atoms with Crippen molar-refractivity contribution in [3.05, 3.63) is 22.4 Å². The number of benzene rings is 1. The Balaban J connectivity index is 3.05. The van der Waals surface area contributed by atoms with Crippen LogP contribution in [0.1, 0.15) is 6.92 Å². The molecule has 1 aromatic carbocycles. The average molecular weight is 357 g/mol. The molecule has 0 bridgehead atoms. The molecule has 0 fully saturated rings. The molecule has 1 rings (SSSR count). The maximum atomic E-state index is 13.6. The number of halogens is 2. The van der Waals surface area contributed by atoms with E-state index in [1.165, 1.54) is 6.92 Å². The highest BCUT2D eigenvalue weighted by atomic mass is 79.9. The zero-order valence-corrected chi connectivity index (χ0v) is 12.4. The number of nitrogens with two attached hydrogens (primary N) is 1. The van der Waals surface area contributed by atoms with Crippen LogP contribution in [0.5, 0.6) is 0 Å². The lowest BCUT2D eigenvalue weighted by molar-refractivity contribution is 0.00680. The van der Waals surface area contributed by atoms with Crippen LogP contribution in [0.3, 0.4) is 0 Å². The summed E-state index contributed by atoms with van der Waals surface area (Å²) in [5.41, 5.74) is 3.93. The van der Waals surface area contributed by atoms with Crippen molar-refractivity contribution in [1.82, 2.24) is 4.72 Å². The molecular formula is C10H14BrFN2O4S. The zero-order chi connectivity index (χ0) is 14.8. The van der Waals surface area contributed by atoms with Gasteiger partial charge in [0.25, 0.3) is 0 Å². The van der Waals surface area contributed by atoms with Crippen molar-refractivity contribution in [1.29, 1.82) is 0 Å². The van der Waals surface area contributed by atoms with Gasteiger partial charge < -0.3 is 15.9 Å². The summed E-state index contributed by atoms with van der Waals surface area (Å²) < 4.78 is 39.6. The summed E-state index contributed by atoms with van der Waals surface area (Å²) in [7, 11) is -4.17. The van der Waals surface area contributed by atoms with E-state index >= 15 is 0 Å². The Labute approximate surface area is 118 Å². The van der Waals surface area contributed by atoms with Gasteiger partial charge in [-0.1, -0.05) is 0 Å². The summed E-state index contributed by atoms with van der Waals surface area (Å²) in [5, 5.41) is 18.3. The minimum absolute atomic E-state index is 0.0655. The van der Waals surface area contributed by atoms with Crippen LogP contribution < -0.4 is 10.5 Å². The highest BCUT2D eigenvalue weighted by molar-refractivity contribution is 9.10. The number of nitrogen functional groups attached to an aromatic ring is 1. The molecule has 0 radical (unpaired) electrons. The maximum Gasteiger partial charge on any atom is 0.243 e. The molecule has 0 aromatic heterocycles. The van der Waals surface area contributed by atoms with Gasteiger partial charge in [0.2, 0.25) is 10.0 Å². The molecule has 0 saturated heterocycles. The van der Waals surface area contributed by atoms with Crippen LogP contribution in [0.25, 0.3) is 0 Å². The fourth-order valence-electron chi connectivity index (χ4n) is 1.13. The average Bonchev–Trinajstić information content (AvgIpc) is 2.31. The van der Waals surface area contributed by atoms with E-state index < -0.39 is 39.5 Å². The molecule has 9 heteroatoms. The van der Waals surface area contributed by atoms with Gasteiger partial charge in [0, 0.05) is 16.7 Å². The Morgan fingerprint density at radius 2 is 2.11 bits per heavy atom. The van der Waals surface area contributed by atoms with Gasteiger partial charge in [0.15, 0.2) is 0 Å². The van der Waals surface area contributed by atoms with E-state index in [1.54, 1.807) is 0 Å². The Morgan fingerprint density at radius 3 is 2.63 bits per heavy atom. The van der Waals surface area contributed by atoms with E-state index in [4.69, 9.17) is 10.8 Å². The standard InChI is InChI=1S/C10H14BrFN2O4S/c1-10(16,5-15)4-14-19(17,18)9-3-8(13)6(11)2-7(9)12/h2-3,14-16H,4-5,13H2,1H3. The molecule has 5 N–H and O–H groups in total. The minimum atomic E-state index is -4.17. The number of rotatable bonds is 5. The number of sulfonamides is 1. The number of nitrogens with one attached hydrogen (secondary N) is 1. The summed E-state index contributed by atoms with van der Waals surface area (Å²) >= 11 is 2.98. The summed E-state index contributed by atoms with van der Waals surface area (Å²) in [6.45, 7) is 0.142. The third kappa shape index (κ3) is 4.11. The Kier molecular flexibility index (Phi) is 4.91. The first-order valence-electron chi connectivity index (χ1n) is 5.16. The minimum Gasteiger partial charge on any atom is -0.398 e. The van der Waals surface area contributed by atoms with Crippen LogP contribution >= 0.6 is 15.9 Å². The fraction of sp³-hybridized carbons (Fsp3) is 0.400. The van der Waals surface area contributed by atoms with Crippen LogP contribution in [-0.2, 0) is 10.0 Å². The first-order valence-corrected chi connectivity index (χ1v) is 7.44. The van der Waals surface area contributed by atoms with Gasteiger partial charge in [-0.05, 0) is 35.0 Å². The highest BCUT2D eigenvalue weighted by Crippen LogP contribution is 2.26. The van der Waals surface area contributed by atoms with Crippen molar-refractivity contribution < 1.29 is 23.0 Å². The fourth-order valence-corrected chi connectivity index (χ4v) is 2.70. The third-order valence-corrected chi connectivity index (χ3v) is 4.43. The van der Waals surface area contributed by atoms with Crippen molar-refractivity contribution >= 4 is 31.6 Å². The molecule has 1 aromatic rings. The first kappa shape index (κ1) is 16.3. The molecule has 0 aliphatic heterocycles. The van der Waals surface area contributed by atoms with E-state index in [0.717, 1.165) is 12.1 Å². The topological polar surface area (TPSA) is 113 Å². The Hall–Kier alpha value is -0.740. The SMILES string of the molecule is CC(O)(CO)CNS(=O)(=O)c1cc(N)c(Br)cc1F. The first-order chi connectivity index (χ1) is 8.59. The smallest absolute Gasteiger partial charge is 0.243 e. The zero-order valence-electron chi connectivity index (χ0n) is 10.0. The van der Waals surface area contributed by atoms with Gasteiger partial charge in [-0.3, -0.25) is 0 Å². The molecule has 19 heavy (non-hydrogen) atoms. The van der Waals surface area contributed by atoms with Crippen molar-refractivity contribution in [2.75, 3.05) is 18.9 Å². The Morgan fingerprint density at radius 1 is 1.53 bits per heavy atom. The van der Waals surface area contributed by atoms with E-state index in [1.807, 2.05) is 4.72 Å². The van der Waals surface area contributed by atoms with Crippen LogP contribution in [0.2, 0.25) is 0 Å². The molecule has 1 unspecified atom stereocenters. The molecule has 1 atom stereocenters. The molecule has 0 heterocycles. The summed E-state index contributed by atoms with van der Waals surface area (Å²) in [6.07, 6.45) is 0. The lowest BCUT2D eigenvalue weighted by atomic mass is 10.1. The number of hydrogen-bond donors (Lipinski definition) is 4. The molecule has 0 aliphatic rings. The predicted molar refractivity (Wildman–Crippen MR) is 71.4 cm³/mol. The van der Waals surface area contributed by atoms with Crippen LogP contribution in [0, 0.1) is 5.82 Å². The normalized spacial score (nSPS) is 15.2. The van der Waals surface area contributed by atoms with Gasteiger partial charge in [0.05, 0.1) is 12.2 Å². The van der Waals surface area contributed by atoms with Crippen molar-refractivity contribution in [3.63, 3.8) is 0 Å². The van der Waals surface area contributed by atoms with Gasteiger partial charge in [-0.25, -0.2) is 17.5 Å². The largest absolute Gasteiger partial charge is 0.398 e. The molecule has 108 valence electrons. The molecule has 0 amide bonds. The second-order valence-electron chi connectivity index (χ2n) is 4.28. The molecule has 0 aliphatic carbocycles. The molecule has 6 nitrogen and oxygen atoms in total. The van der Waals surface area contributed by atoms with E-state index in [0.29, 0.717) is 0 Å². The highest BCUT2D eigenvalue weighted by Gasteiger charge is 2.25. The molecular weight excluding hydrogens is 343 g/mol. The van der Waals surface area contributed by atoms with Crippen LogP contribution in [0.15, 0.2) is 21.5 Å². The lowest BCUT2D eigenvalue weighted by Gasteiger charge is -2.20. The van der Waals surface area contributed by atoms with E-state index in [-0.39, 0.29) is 10.2 Å². The third-order valence-electron chi connectivity index (χ3n) is 2.32. The summed E-state index contributed by atoms with van der Waals surface area (Å²) in [4.78, 5) is -0.623. The predicted octanol–water partition coefficient (Wildman–Crippen LogP) is 0.192. The van der Waals surface area contributed by atoms with E-state index in [2.05, 4.69) is 15.9 Å². The lowest BCUT2D eigenvalue weighted by Crippen LogP contribution is -2.43. The van der Waals surface area contributed by atoms with E-state index in [9.17, 15) is 17.9 Å². The van der Waals surface area contributed by atoms with Gasteiger partial charge in [-0.15, -0.1) is 0 Å². The number of hydrogen-bond acceptors (Lipinski definition) is 5. The molecule has 0 spiro atoms. The Bertz CT molecular complexity index is 577. The number of aliphatic hydroxyl groups excluding tert-OH is 1. The van der Waals surface area contributed by atoms with Crippen molar-refractivity contribution in [3.8, 4) is 0 Å². The second kappa shape index (κ2) is 5.71. The van der Waals surface area contributed by atoms with Gasteiger partial charge >= 0.3 is 0 Å². The summed E-state index contributed by atoms with van der Waals surface area (Å²) in [5.74, 6) is -0.975. The van der Waals surface area contributed by atoms with Crippen LogP contribution in [-0.4, -0.2) is 37.4 Å². The van der Waals surface area contributed by atoms with Crippen LogP contribution in [0.4, 0.5) is 10.1 Å².